The molecule has 0 atom stereocenters. The van der Waals surface area contributed by atoms with Crippen LogP contribution in [0.25, 0.3) is 0 Å². The molecule has 1 aliphatic rings. The third kappa shape index (κ3) is 2.59. The summed E-state index contributed by atoms with van der Waals surface area (Å²) < 4.78 is 6.06. The Labute approximate surface area is 123 Å². The highest BCUT2D eigenvalue weighted by molar-refractivity contribution is 6.33. The molecule has 0 aliphatic carbocycles. The van der Waals surface area contributed by atoms with Crippen molar-refractivity contribution in [1.82, 2.24) is 4.98 Å². The van der Waals surface area contributed by atoms with Crippen molar-refractivity contribution >= 4 is 17.3 Å². The lowest BCUT2D eigenvalue weighted by molar-refractivity contribution is 0.137. The lowest BCUT2D eigenvalue weighted by atomic mass is 10.0. The zero-order valence-electron chi connectivity index (χ0n) is 11.6. The molecule has 2 aromatic rings. The summed E-state index contributed by atoms with van der Waals surface area (Å²) in [6, 6.07) is 8.06. The van der Waals surface area contributed by atoms with E-state index in [9.17, 15) is 0 Å². The maximum Gasteiger partial charge on any atom is 0.128 e. The van der Waals surface area contributed by atoms with E-state index < -0.39 is 0 Å². The molecule has 0 amide bonds. The molecule has 2 heterocycles. The van der Waals surface area contributed by atoms with Gasteiger partial charge in [-0.1, -0.05) is 29.8 Å². The number of hydrogen-bond donors (Lipinski definition) is 1. The minimum absolute atomic E-state index is 0.121. The minimum Gasteiger partial charge on any atom is -0.487 e. The number of pyridine rings is 1. The third-order valence-electron chi connectivity index (χ3n) is 3.41. The Morgan fingerprint density at radius 1 is 1.35 bits per heavy atom. The molecule has 1 aromatic heterocycles. The Morgan fingerprint density at radius 2 is 2.20 bits per heavy atom. The molecule has 1 aromatic carbocycles. The van der Waals surface area contributed by atoms with E-state index in [2.05, 4.69) is 42.3 Å². The van der Waals surface area contributed by atoms with Crippen LogP contribution in [0.2, 0.25) is 5.02 Å². The largest absolute Gasteiger partial charge is 0.487 e. The van der Waals surface area contributed by atoms with Crippen molar-refractivity contribution < 1.29 is 4.74 Å². The van der Waals surface area contributed by atoms with Crippen molar-refractivity contribution in [3.05, 3.63) is 52.8 Å². The number of ether oxygens (including phenoxy) is 1. The lowest BCUT2D eigenvalue weighted by Crippen LogP contribution is -2.25. The highest BCUT2D eigenvalue weighted by Crippen LogP contribution is 2.37. The van der Waals surface area contributed by atoms with Crippen molar-refractivity contribution in [2.75, 3.05) is 5.32 Å². The first-order chi connectivity index (χ1) is 9.55. The van der Waals surface area contributed by atoms with Crippen LogP contribution in [0.3, 0.4) is 0 Å². The SMILES string of the molecule is CC1(C)Cc2cccc(CNc3cnccc3Cl)c2O1. The molecule has 0 spiro atoms. The van der Waals surface area contributed by atoms with E-state index in [1.807, 2.05) is 0 Å². The highest BCUT2D eigenvalue weighted by Gasteiger charge is 2.31. The zero-order chi connectivity index (χ0) is 14.2. The van der Waals surface area contributed by atoms with Gasteiger partial charge in [0, 0.05) is 24.7 Å². The van der Waals surface area contributed by atoms with Gasteiger partial charge in [0.1, 0.15) is 11.4 Å². The molecule has 0 saturated heterocycles. The van der Waals surface area contributed by atoms with E-state index >= 15 is 0 Å². The maximum atomic E-state index is 6.12. The summed E-state index contributed by atoms with van der Waals surface area (Å²) in [7, 11) is 0. The quantitative estimate of drug-likeness (QED) is 0.925. The summed E-state index contributed by atoms with van der Waals surface area (Å²) >= 11 is 6.12. The monoisotopic (exact) mass is 288 g/mol. The fourth-order valence-corrected chi connectivity index (χ4v) is 2.69. The van der Waals surface area contributed by atoms with Gasteiger partial charge < -0.3 is 10.1 Å². The highest BCUT2D eigenvalue weighted by atomic mass is 35.5. The predicted molar refractivity (Wildman–Crippen MR) is 81.4 cm³/mol. The molecule has 0 fully saturated rings. The van der Waals surface area contributed by atoms with Gasteiger partial charge in [-0.25, -0.2) is 0 Å². The molecule has 0 bridgehead atoms. The van der Waals surface area contributed by atoms with Gasteiger partial charge in [-0.05, 0) is 25.5 Å². The Balaban J connectivity index is 1.80. The molecule has 0 saturated carbocycles. The number of rotatable bonds is 3. The Hall–Kier alpha value is -1.74. The number of aromatic nitrogens is 1. The maximum absolute atomic E-state index is 6.12. The third-order valence-corrected chi connectivity index (χ3v) is 3.74. The molecule has 1 aliphatic heterocycles. The Bertz CT molecular complexity index is 640. The second kappa shape index (κ2) is 4.98. The topological polar surface area (TPSA) is 34.2 Å². The van der Waals surface area contributed by atoms with Crippen LogP contribution < -0.4 is 10.1 Å². The van der Waals surface area contributed by atoms with Gasteiger partial charge in [-0.3, -0.25) is 4.98 Å². The normalized spacial score (nSPS) is 15.6. The molecule has 4 heteroatoms. The van der Waals surface area contributed by atoms with Gasteiger partial charge in [-0.15, -0.1) is 0 Å². The van der Waals surface area contributed by atoms with Gasteiger partial charge in [0.2, 0.25) is 0 Å². The summed E-state index contributed by atoms with van der Waals surface area (Å²) in [4.78, 5) is 4.08. The van der Waals surface area contributed by atoms with Crippen molar-refractivity contribution in [2.45, 2.75) is 32.4 Å². The zero-order valence-corrected chi connectivity index (χ0v) is 12.4. The summed E-state index contributed by atoms with van der Waals surface area (Å²) in [5.74, 6) is 1.00. The van der Waals surface area contributed by atoms with Gasteiger partial charge in [0.15, 0.2) is 0 Å². The van der Waals surface area contributed by atoms with Crippen molar-refractivity contribution in [2.24, 2.45) is 0 Å². The van der Waals surface area contributed by atoms with Crippen LogP contribution in [0.1, 0.15) is 25.0 Å². The molecule has 3 rings (SSSR count). The smallest absolute Gasteiger partial charge is 0.128 e. The molecule has 0 radical (unpaired) electrons. The number of anilines is 1. The molecular formula is C16H17ClN2O. The van der Waals surface area contributed by atoms with E-state index in [0.29, 0.717) is 11.6 Å². The van der Waals surface area contributed by atoms with Crippen molar-refractivity contribution in [3.63, 3.8) is 0 Å². The van der Waals surface area contributed by atoms with E-state index in [4.69, 9.17) is 16.3 Å². The first kappa shape index (κ1) is 13.3. The van der Waals surface area contributed by atoms with Gasteiger partial charge in [0.25, 0.3) is 0 Å². The average Bonchev–Trinajstić information content (AvgIpc) is 2.72. The van der Waals surface area contributed by atoms with Crippen LogP contribution in [-0.2, 0) is 13.0 Å². The summed E-state index contributed by atoms with van der Waals surface area (Å²) in [5, 5.41) is 3.99. The minimum atomic E-state index is -0.121. The number of fused-ring (bicyclic) bond motifs is 1. The number of nitrogens with zero attached hydrogens (tertiary/aromatic N) is 1. The molecule has 1 N–H and O–H groups in total. The van der Waals surface area contributed by atoms with Gasteiger partial charge >= 0.3 is 0 Å². The second-order valence-corrected chi connectivity index (χ2v) is 6.06. The van der Waals surface area contributed by atoms with E-state index in [-0.39, 0.29) is 5.60 Å². The molecular weight excluding hydrogens is 272 g/mol. The van der Waals surface area contributed by atoms with Crippen LogP contribution in [0.15, 0.2) is 36.7 Å². The van der Waals surface area contributed by atoms with Crippen LogP contribution in [0.5, 0.6) is 5.75 Å². The van der Waals surface area contributed by atoms with E-state index in [0.717, 1.165) is 23.4 Å². The van der Waals surface area contributed by atoms with Crippen LogP contribution in [-0.4, -0.2) is 10.6 Å². The van der Waals surface area contributed by atoms with Crippen molar-refractivity contribution in [3.8, 4) is 5.75 Å². The molecule has 20 heavy (non-hydrogen) atoms. The summed E-state index contributed by atoms with van der Waals surface area (Å²) in [6.45, 7) is 4.90. The molecule has 0 unspecified atom stereocenters. The van der Waals surface area contributed by atoms with Crippen LogP contribution in [0.4, 0.5) is 5.69 Å². The fraction of sp³-hybridized carbons (Fsp3) is 0.312. The van der Waals surface area contributed by atoms with E-state index in [1.165, 1.54) is 5.56 Å². The Morgan fingerprint density at radius 3 is 3.00 bits per heavy atom. The second-order valence-electron chi connectivity index (χ2n) is 5.65. The van der Waals surface area contributed by atoms with Crippen molar-refractivity contribution in [1.29, 1.82) is 0 Å². The number of benzene rings is 1. The Kier molecular flexibility index (Phi) is 3.30. The molecule has 3 nitrogen and oxygen atoms in total. The number of halogens is 1. The average molecular weight is 289 g/mol. The van der Waals surface area contributed by atoms with Crippen LogP contribution >= 0.6 is 11.6 Å². The lowest BCUT2D eigenvalue weighted by Gasteiger charge is -2.18. The van der Waals surface area contributed by atoms with Gasteiger partial charge in [-0.2, -0.15) is 0 Å². The number of para-hydroxylation sites is 1. The molecule has 104 valence electrons. The summed E-state index contributed by atoms with van der Waals surface area (Å²) in [5.41, 5.74) is 3.13. The first-order valence-corrected chi connectivity index (χ1v) is 7.06. The fourth-order valence-electron chi connectivity index (χ4n) is 2.52. The number of hydrogen-bond acceptors (Lipinski definition) is 3. The summed E-state index contributed by atoms with van der Waals surface area (Å²) in [6.07, 6.45) is 4.36. The number of nitrogens with one attached hydrogen (secondary N) is 1. The van der Waals surface area contributed by atoms with Gasteiger partial charge in [0.05, 0.1) is 16.9 Å². The predicted octanol–water partition coefficient (Wildman–Crippen LogP) is 4.06. The standard InChI is InChI=1S/C16H17ClN2O/c1-16(2)8-11-4-3-5-12(15(11)20-16)9-19-14-10-18-7-6-13(14)17/h3-7,10,19H,8-9H2,1-2H3. The van der Waals surface area contributed by atoms with E-state index in [1.54, 1.807) is 18.5 Å². The van der Waals surface area contributed by atoms with Crippen LogP contribution in [0, 0.1) is 0 Å². The first-order valence-electron chi connectivity index (χ1n) is 6.68.